The number of benzene rings is 1. The van der Waals surface area contributed by atoms with Crippen molar-refractivity contribution < 1.29 is 14.4 Å². The molecular formula is C17H16N2O3S. The third-order valence-electron chi connectivity index (χ3n) is 4.07. The highest BCUT2D eigenvalue weighted by Gasteiger charge is 2.51. The van der Waals surface area contributed by atoms with Crippen LogP contribution in [0, 0.1) is 0 Å². The number of urea groups is 1. The standard InChI is InChI=1S/C17H16N2O3S/c1-2-17(12-7-4-3-5-8-12)15(21)19(16(22)18-17)11-13(20)14-9-6-10-23-14/h3-10H,2,11H2,1H3,(H,18,22). The molecule has 5 nitrogen and oxygen atoms in total. The van der Waals surface area contributed by atoms with Gasteiger partial charge in [0.1, 0.15) is 5.54 Å². The van der Waals surface area contributed by atoms with Gasteiger partial charge < -0.3 is 5.32 Å². The van der Waals surface area contributed by atoms with Gasteiger partial charge >= 0.3 is 6.03 Å². The Hall–Kier alpha value is -2.47. The van der Waals surface area contributed by atoms with E-state index in [1.165, 1.54) is 11.3 Å². The zero-order chi connectivity index (χ0) is 16.4. The van der Waals surface area contributed by atoms with Gasteiger partial charge in [-0.25, -0.2) is 4.79 Å². The van der Waals surface area contributed by atoms with Gasteiger partial charge in [0.15, 0.2) is 5.78 Å². The molecule has 1 aliphatic heterocycles. The lowest BCUT2D eigenvalue weighted by Crippen LogP contribution is -2.43. The first-order valence-corrected chi connectivity index (χ1v) is 8.23. The van der Waals surface area contributed by atoms with E-state index in [4.69, 9.17) is 0 Å². The number of carbonyl (C=O) groups is 3. The van der Waals surface area contributed by atoms with Gasteiger partial charge in [-0.15, -0.1) is 11.3 Å². The summed E-state index contributed by atoms with van der Waals surface area (Å²) in [4.78, 5) is 38.9. The lowest BCUT2D eigenvalue weighted by molar-refractivity contribution is -0.131. The van der Waals surface area contributed by atoms with Gasteiger partial charge in [-0.2, -0.15) is 0 Å². The summed E-state index contributed by atoms with van der Waals surface area (Å²) in [6.07, 6.45) is 0.422. The van der Waals surface area contributed by atoms with Gasteiger partial charge in [-0.05, 0) is 23.4 Å². The number of nitrogens with zero attached hydrogens (tertiary/aromatic N) is 1. The number of ketones is 1. The van der Waals surface area contributed by atoms with Crippen LogP contribution in [-0.2, 0) is 10.3 Å². The first-order chi connectivity index (χ1) is 11.1. The molecule has 0 spiro atoms. The van der Waals surface area contributed by atoms with Crippen molar-refractivity contribution in [3.05, 3.63) is 58.3 Å². The molecule has 2 heterocycles. The Kier molecular flexibility index (Phi) is 4.00. The van der Waals surface area contributed by atoms with E-state index < -0.39 is 11.6 Å². The number of amides is 3. The van der Waals surface area contributed by atoms with Gasteiger partial charge in [0.2, 0.25) is 0 Å². The summed E-state index contributed by atoms with van der Waals surface area (Å²) in [6.45, 7) is 1.61. The number of thiophene rings is 1. The minimum Gasteiger partial charge on any atom is -0.319 e. The minimum absolute atomic E-state index is 0.233. The third-order valence-corrected chi connectivity index (χ3v) is 4.98. The first-order valence-electron chi connectivity index (χ1n) is 7.35. The Balaban J connectivity index is 1.89. The van der Waals surface area contributed by atoms with Crippen LogP contribution in [0.3, 0.4) is 0 Å². The zero-order valence-corrected chi connectivity index (χ0v) is 13.4. The molecule has 1 aromatic carbocycles. The number of imide groups is 1. The van der Waals surface area contributed by atoms with Gasteiger partial charge in [-0.1, -0.05) is 43.3 Å². The first kappa shape index (κ1) is 15.4. The maximum Gasteiger partial charge on any atom is 0.325 e. The molecule has 0 radical (unpaired) electrons. The van der Waals surface area contributed by atoms with Gasteiger partial charge in [0.05, 0.1) is 11.4 Å². The lowest BCUT2D eigenvalue weighted by atomic mass is 9.87. The van der Waals surface area contributed by atoms with E-state index in [0.29, 0.717) is 11.3 Å². The summed E-state index contributed by atoms with van der Waals surface area (Å²) in [5.41, 5.74) is -0.361. The second-order valence-corrected chi connectivity index (χ2v) is 6.29. The van der Waals surface area contributed by atoms with Gasteiger partial charge in [-0.3, -0.25) is 14.5 Å². The number of rotatable bonds is 5. The van der Waals surface area contributed by atoms with Crippen LogP contribution < -0.4 is 5.32 Å². The maximum atomic E-state index is 12.9. The quantitative estimate of drug-likeness (QED) is 0.678. The normalized spacial score (nSPS) is 20.7. The molecule has 0 saturated carbocycles. The van der Waals surface area contributed by atoms with Crippen molar-refractivity contribution in [2.24, 2.45) is 0 Å². The van der Waals surface area contributed by atoms with Crippen LogP contribution in [0.2, 0.25) is 0 Å². The molecule has 0 aliphatic carbocycles. The van der Waals surface area contributed by atoms with Crippen LogP contribution in [0.1, 0.15) is 28.6 Å². The summed E-state index contributed by atoms with van der Waals surface area (Å²) in [5, 5.41) is 4.56. The van der Waals surface area contributed by atoms with Crippen molar-refractivity contribution in [2.75, 3.05) is 6.54 Å². The molecule has 1 saturated heterocycles. The van der Waals surface area contributed by atoms with Crippen molar-refractivity contribution in [3.63, 3.8) is 0 Å². The highest BCUT2D eigenvalue weighted by molar-refractivity contribution is 7.12. The molecule has 1 atom stereocenters. The fourth-order valence-corrected chi connectivity index (χ4v) is 3.45. The summed E-state index contributed by atoms with van der Waals surface area (Å²) < 4.78 is 0. The van der Waals surface area contributed by atoms with Crippen LogP contribution in [0.5, 0.6) is 0 Å². The highest BCUT2D eigenvalue weighted by atomic mass is 32.1. The molecule has 1 N–H and O–H groups in total. The summed E-state index contributed by atoms with van der Waals surface area (Å²) in [7, 11) is 0. The Morgan fingerprint density at radius 1 is 1.17 bits per heavy atom. The Morgan fingerprint density at radius 3 is 2.52 bits per heavy atom. The molecule has 1 unspecified atom stereocenters. The number of hydrogen-bond acceptors (Lipinski definition) is 4. The molecule has 1 aromatic heterocycles. The largest absolute Gasteiger partial charge is 0.325 e. The second-order valence-electron chi connectivity index (χ2n) is 5.35. The average molecular weight is 328 g/mol. The van der Waals surface area contributed by atoms with Gasteiger partial charge in [0, 0.05) is 0 Å². The van der Waals surface area contributed by atoms with Crippen LogP contribution in [-0.4, -0.2) is 29.2 Å². The van der Waals surface area contributed by atoms with Crippen molar-refractivity contribution >= 4 is 29.1 Å². The summed E-state index contributed by atoms with van der Waals surface area (Å²) in [5.74, 6) is -0.607. The van der Waals surface area contributed by atoms with E-state index in [1.54, 1.807) is 17.5 Å². The van der Waals surface area contributed by atoms with Crippen molar-refractivity contribution in [1.29, 1.82) is 0 Å². The number of hydrogen-bond donors (Lipinski definition) is 1. The Labute approximate surface area is 137 Å². The minimum atomic E-state index is -1.09. The maximum absolute atomic E-state index is 12.9. The van der Waals surface area contributed by atoms with E-state index in [2.05, 4.69) is 5.32 Å². The molecular weight excluding hydrogens is 312 g/mol. The Bertz CT molecular complexity index is 742. The van der Waals surface area contributed by atoms with E-state index in [-0.39, 0.29) is 18.2 Å². The van der Waals surface area contributed by atoms with E-state index >= 15 is 0 Å². The topological polar surface area (TPSA) is 66.5 Å². The fraction of sp³-hybridized carbons (Fsp3) is 0.235. The molecule has 6 heteroatoms. The monoisotopic (exact) mass is 328 g/mol. The number of Topliss-reactive ketones (excluding diaryl/α,β-unsaturated/α-hetero) is 1. The van der Waals surface area contributed by atoms with Crippen molar-refractivity contribution in [2.45, 2.75) is 18.9 Å². The number of carbonyl (C=O) groups excluding carboxylic acids is 3. The van der Waals surface area contributed by atoms with Crippen LogP contribution in [0.15, 0.2) is 47.8 Å². The number of nitrogens with one attached hydrogen (secondary N) is 1. The third kappa shape index (κ3) is 2.55. The van der Waals surface area contributed by atoms with Crippen molar-refractivity contribution in [1.82, 2.24) is 10.2 Å². The second kappa shape index (κ2) is 5.96. The zero-order valence-electron chi connectivity index (χ0n) is 12.6. The molecule has 118 valence electrons. The Morgan fingerprint density at radius 2 is 1.91 bits per heavy atom. The summed E-state index contributed by atoms with van der Waals surface area (Å²) >= 11 is 1.30. The predicted octanol–water partition coefficient (Wildman–Crippen LogP) is 2.79. The average Bonchev–Trinajstić information content (AvgIpc) is 3.19. The van der Waals surface area contributed by atoms with E-state index in [0.717, 1.165) is 10.5 Å². The predicted molar refractivity (Wildman–Crippen MR) is 87.3 cm³/mol. The smallest absolute Gasteiger partial charge is 0.319 e. The SMILES string of the molecule is CCC1(c2ccccc2)NC(=O)N(CC(=O)c2cccs2)C1=O. The van der Waals surface area contributed by atoms with Crippen LogP contribution in [0.25, 0.3) is 0 Å². The molecule has 1 aliphatic rings. The molecule has 0 bridgehead atoms. The molecule has 3 amide bonds. The fourth-order valence-electron chi connectivity index (χ4n) is 2.79. The molecule has 2 aromatic rings. The van der Waals surface area contributed by atoms with Crippen molar-refractivity contribution in [3.8, 4) is 0 Å². The lowest BCUT2D eigenvalue weighted by Gasteiger charge is -2.25. The highest BCUT2D eigenvalue weighted by Crippen LogP contribution is 2.32. The van der Waals surface area contributed by atoms with E-state index in [9.17, 15) is 14.4 Å². The van der Waals surface area contributed by atoms with E-state index in [1.807, 2.05) is 37.3 Å². The van der Waals surface area contributed by atoms with Gasteiger partial charge in [0.25, 0.3) is 5.91 Å². The summed E-state index contributed by atoms with van der Waals surface area (Å²) in [6, 6.07) is 12.1. The van der Waals surface area contributed by atoms with Crippen LogP contribution in [0.4, 0.5) is 4.79 Å². The molecule has 1 fully saturated rings. The van der Waals surface area contributed by atoms with Crippen LogP contribution >= 0.6 is 11.3 Å². The molecule has 23 heavy (non-hydrogen) atoms. The molecule has 3 rings (SSSR count).